The van der Waals surface area contributed by atoms with Crippen molar-refractivity contribution in [1.82, 2.24) is 5.32 Å². The fraction of sp³-hybridized carbons (Fsp3) is 0.929. The number of nitrogens with zero attached hydrogens (tertiary/aromatic N) is 1. The predicted octanol–water partition coefficient (Wildman–Crippen LogP) is 3.77. The Balaban J connectivity index is 1.76. The van der Waals surface area contributed by atoms with E-state index in [1.165, 1.54) is 54.5 Å². The average Bonchev–Trinajstić information content (AvgIpc) is 2.39. The van der Waals surface area contributed by atoms with E-state index in [1.54, 1.807) is 0 Å². The van der Waals surface area contributed by atoms with E-state index in [9.17, 15) is 0 Å². The van der Waals surface area contributed by atoms with Gasteiger partial charge in [-0.1, -0.05) is 31.5 Å². The Morgan fingerprint density at radius 3 is 3.11 bits per heavy atom. The lowest BCUT2D eigenvalue weighted by Crippen LogP contribution is -2.38. The number of rotatable bonds is 5. The van der Waals surface area contributed by atoms with E-state index in [1.807, 2.05) is 23.5 Å². The van der Waals surface area contributed by atoms with Crippen molar-refractivity contribution in [3.8, 4) is 0 Å². The first-order chi connectivity index (χ1) is 8.79. The quantitative estimate of drug-likeness (QED) is 0.779. The summed E-state index contributed by atoms with van der Waals surface area (Å²) < 4.78 is 0. The van der Waals surface area contributed by atoms with Gasteiger partial charge in [-0.05, 0) is 43.6 Å². The molecule has 2 rings (SSSR count). The van der Waals surface area contributed by atoms with Gasteiger partial charge in [0.25, 0.3) is 0 Å². The average molecular weight is 287 g/mol. The van der Waals surface area contributed by atoms with E-state index < -0.39 is 0 Å². The third kappa shape index (κ3) is 4.37. The van der Waals surface area contributed by atoms with E-state index in [0.29, 0.717) is 12.1 Å². The van der Waals surface area contributed by atoms with Crippen molar-refractivity contribution in [2.45, 2.75) is 58.0 Å². The highest BCUT2D eigenvalue weighted by atomic mass is 32.2. The Bertz CT molecular complexity index is 281. The van der Waals surface area contributed by atoms with Crippen LogP contribution in [0.15, 0.2) is 4.99 Å². The minimum Gasteiger partial charge on any atom is -0.362 e. The van der Waals surface area contributed by atoms with Crippen LogP contribution in [0.5, 0.6) is 0 Å². The molecule has 0 amide bonds. The van der Waals surface area contributed by atoms with Gasteiger partial charge in [0.1, 0.15) is 0 Å². The Morgan fingerprint density at radius 1 is 1.44 bits per heavy atom. The highest BCUT2D eigenvalue weighted by molar-refractivity contribution is 8.13. The maximum absolute atomic E-state index is 4.93. The molecule has 1 N–H and O–H groups in total. The summed E-state index contributed by atoms with van der Waals surface area (Å²) in [5.41, 5.74) is 0. The third-order valence-corrected chi connectivity index (χ3v) is 5.88. The lowest BCUT2D eigenvalue weighted by Gasteiger charge is -2.33. The number of aliphatic imine (C=N–C) groups is 1. The minimum atomic E-state index is 0.565. The van der Waals surface area contributed by atoms with Gasteiger partial charge in [-0.15, -0.1) is 0 Å². The Hall–Kier alpha value is 0.170. The van der Waals surface area contributed by atoms with Crippen molar-refractivity contribution in [1.29, 1.82) is 0 Å². The Morgan fingerprint density at radius 2 is 2.28 bits per heavy atom. The van der Waals surface area contributed by atoms with Crippen molar-refractivity contribution in [2.24, 2.45) is 10.9 Å². The van der Waals surface area contributed by atoms with Crippen LogP contribution in [-0.4, -0.2) is 34.5 Å². The molecular formula is C14H26N2S2. The molecule has 18 heavy (non-hydrogen) atoms. The van der Waals surface area contributed by atoms with E-state index in [0.717, 1.165) is 5.92 Å². The van der Waals surface area contributed by atoms with E-state index >= 15 is 0 Å². The van der Waals surface area contributed by atoms with Crippen LogP contribution in [0.25, 0.3) is 0 Å². The standard InChI is InChI=1S/C14H26N2S2/c1-3-17-9-8-11(2)15-14-16-13-7-5-4-6-12(13)10-18-14/h11-13H,3-10H2,1-2H3,(H,15,16). The molecule has 1 aliphatic carbocycles. The van der Waals surface area contributed by atoms with Gasteiger partial charge in [0, 0.05) is 11.8 Å². The fourth-order valence-electron chi connectivity index (χ4n) is 2.69. The summed E-state index contributed by atoms with van der Waals surface area (Å²) >= 11 is 3.98. The van der Waals surface area contributed by atoms with Crippen LogP contribution in [0.4, 0.5) is 0 Å². The van der Waals surface area contributed by atoms with Gasteiger partial charge in [-0.25, -0.2) is 0 Å². The van der Waals surface area contributed by atoms with Crippen molar-refractivity contribution < 1.29 is 0 Å². The summed E-state index contributed by atoms with van der Waals surface area (Å²) in [7, 11) is 0. The summed E-state index contributed by atoms with van der Waals surface area (Å²) in [6.07, 6.45) is 6.76. The topological polar surface area (TPSA) is 24.4 Å². The van der Waals surface area contributed by atoms with Gasteiger partial charge in [-0.3, -0.25) is 4.99 Å². The number of fused-ring (bicyclic) bond motifs is 1. The van der Waals surface area contributed by atoms with Gasteiger partial charge in [0.15, 0.2) is 5.17 Å². The zero-order valence-corrected chi connectivity index (χ0v) is 13.3. The zero-order chi connectivity index (χ0) is 12.8. The molecule has 3 atom stereocenters. The molecule has 0 spiro atoms. The molecule has 1 aliphatic heterocycles. The smallest absolute Gasteiger partial charge is 0.157 e. The van der Waals surface area contributed by atoms with Crippen LogP contribution in [0.1, 0.15) is 46.0 Å². The van der Waals surface area contributed by atoms with E-state index in [2.05, 4.69) is 19.2 Å². The second-order valence-electron chi connectivity index (χ2n) is 5.39. The van der Waals surface area contributed by atoms with Crippen LogP contribution in [-0.2, 0) is 0 Å². The lowest BCUT2D eigenvalue weighted by atomic mass is 9.86. The summed E-state index contributed by atoms with van der Waals surface area (Å²) in [5, 5.41) is 4.83. The largest absolute Gasteiger partial charge is 0.362 e. The van der Waals surface area contributed by atoms with Crippen LogP contribution in [0, 0.1) is 5.92 Å². The van der Waals surface area contributed by atoms with Gasteiger partial charge >= 0.3 is 0 Å². The van der Waals surface area contributed by atoms with Gasteiger partial charge in [-0.2, -0.15) is 11.8 Å². The molecule has 3 unspecified atom stereocenters. The lowest BCUT2D eigenvalue weighted by molar-refractivity contribution is 0.335. The second kappa shape index (κ2) is 7.68. The number of thioether (sulfide) groups is 2. The van der Waals surface area contributed by atoms with Crippen LogP contribution in [0.2, 0.25) is 0 Å². The molecule has 4 heteroatoms. The fourth-order valence-corrected chi connectivity index (χ4v) is 4.76. The minimum absolute atomic E-state index is 0.565. The van der Waals surface area contributed by atoms with Crippen molar-refractivity contribution in [3.05, 3.63) is 0 Å². The van der Waals surface area contributed by atoms with E-state index in [4.69, 9.17) is 4.99 Å². The second-order valence-corrected chi connectivity index (χ2v) is 7.79. The normalized spacial score (nSPS) is 29.3. The molecule has 1 heterocycles. The number of nitrogens with one attached hydrogen (secondary N) is 1. The third-order valence-electron chi connectivity index (χ3n) is 3.86. The summed E-state index contributed by atoms with van der Waals surface area (Å²) in [6.45, 7) is 4.51. The molecule has 2 nitrogen and oxygen atoms in total. The zero-order valence-electron chi connectivity index (χ0n) is 11.7. The highest BCUT2D eigenvalue weighted by Crippen LogP contribution is 2.33. The molecular weight excluding hydrogens is 260 g/mol. The first-order valence-corrected chi connectivity index (χ1v) is 9.48. The molecule has 104 valence electrons. The highest BCUT2D eigenvalue weighted by Gasteiger charge is 2.29. The number of hydrogen-bond donors (Lipinski definition) is 1. The SMILES string of the molecule is CCSCCC(C)NC1=NC2CCCCC2CS1. The Labute approximate surface area is 120 Å². The monoisotopic (exact) mass is 286 g/mol. The predicted molar refractivity (Wildman–Crippen MR) is 85.9 cm³/mol. The number of hydrogen-bond acceptors (Lipinski definition) is 4. The van der Waals surface area contributed by atoms with Crippen LogP contribution >= 0.6 is 23.5 Å². The van der Waals surface area contributed by atoms with Gasteiger partial charge in [0.2, 0.25) is 0 Å². The molecule has 1 saturated carbocycles. The first-order valence-electron chi connectivity index (χ1n) is 7.34. The van der Waals surface area contributed by atoms with Crippen molar-refractivity contribution >= 4 is 28.7 Å². The van der Waals surface area contributed by atoms with Gasteiger partial charge < -0.3 is 5.32 Å². The molecule has 0 radical (unpaired) electrons. The van der Waals surface area contributed by atoms with Crippen molar-refractivity contribution in [2.75, 3.05) is 17.3 Å². The molecule has 0 aromatic heterocycles. The summed E-state index contributed by atoms with van der Waals surface area (Å²) in [6, 6.07) is 1.19. The maximum Gasteiger partial charge on any atom is 0.157 e. The van der Waals surface area contributed by atoms with E-state index in [-0.39, 0.29) is 0 Å². The molecule has 0 aromatic carbocycles. The van der Waals surface area contributed by atoms with Crippen LogP contribution < -0.4 is 5.32 Å². The summed E-state index contributed by atoms with van der Waals surface area (Å²) in [4.78, 5) is 4.93. The Kier molecular flexibility index (Phi) is 6.22. The van der Waals surface area contributed by atoms with Gasteiger partial charge in [0.05, 0.1) is 6.04 Å². The molecule has 1 fully saturated rings. The first kappa shape index (κ1) is 14.6. The molecule has 0 saturated heterocycles. The van der Waals surface area contributed by atoms with Crippen LogP contribution in [0.3, 0.4) is 0 Å². The summed E-state index contributed by atoms with van der Waals surface area (Å²) in [5.74, 6) is 4.63. The molecule has 0 bridgehead atoms. The molecule has 0 aromatic rings. The van der Waals surface area contributed by atoms with Crippen molar-refractivity contribution in [3.63, 3.8) is 0 Å². The maximum atomic E-state index is 4.93. The number of amidine groups is 1. The molecule has 2 aliphatic rings.